The molecule has 1 aromatic carbocycles. The first kappa shape index (κ1) is 13.5. The van der Waals surface area contributed by atoms with Crippen LogP contribution in [0.1, 0.15) is 35.2 Å². The van der Waals surface area contributed by atoms with E-state index in [4.69, 9.17) is 0 Å². The van der Waals surface area contributed by atoms with Crippen LogP contribution in [0.3, 0.4) is 0 Å². The monoisotopic (exact) mass is 317 g/mol. The summed E-state index contributed by atoms with van der Waals surface area (Å²) in [6.45, 7) is 3.62. The zero-order valence-corrected chi connectivity index (χ0v) is 12.2. The van der Waals surface area contributed by atoms with Crippen molar-refractivity contribution in [1.82, 2.24) is 9.55 Å². The Bertz CT molecular complexity index is 682. The Hall–Kier alpha value is -1.93. The van der Waals surface area contributed by atoms with E-state index in [0.717, 1.165) is 10.2 Å². The summed E-state index contributed by atoms with van der Waals surface area (Å²) >= 11 is 3.34. The number of ketones is 1. The lowest BCUT2D eigenvalue weighted by molar-refractivity contribution is 0.0983. The largest absolute Gasteiger partial charge is 0.302 e. The molecule has 0 atom stereocenters. The third kappa shape index (κ3) is 2.59. The molecular weight excluding hydrogens is 306 g/mol. The minimum absolute atomic E-state index is 0.00234. The van der Waals surface area contributed by atoms with Crippen molar-refractivity contribution >= 4 is 21.7 Å². The number of Topliss-reactive ketones (excluding diaryl/α,β-unsaturated/α-hetero) is 1. The second kappa shape index (κ2) is 5.37. The number of hydrogen-bond acceptors (Lipinski definition) is 3. The minimum atomic E-state index is -0.00234. The quantitative estimate of drug-likeness (QED) is 0.815. The van der Waals surface area contributed by atoms with Crippen LogP contribution in [-0.4, -0.2) is 15.3 Å². The Morgan fingerprint density at radius 3 is 2.89 bits per heavy atom. The molecule has 0 N–H and O–H groups in total. The Morgan fingerprint density at radius 1 is 1.53 bits per heavy atom. The number of halogens is 1. The van der Waals surface area contributed by atoms with Crippen LogP contribution < -0.4 is 0 Å². The van der Waals surface area contributed by atoms with Gasteiger partial charge in [0, 0.05) is 17.1 Å². The lowest BCUT2D eigenvalue weighted by atomic mass is 10.2. The van der Waals surface area contributed by atoms with Crippen LogP contribution in [0.15, 0.2) is 28.9 Å². The first-order valence-electron chi connectivity index (χ1n) is 5.86. The van der Waals surface area contributed by atoms with Crippen LogP contribution in [0.25, 0.3) is 5.69 Å². The van der Waals surface area contributed by atoms with Gasteiger partial charge in [-0.2, -0.15) is 5.26 Å². The van der Waals surface area contributed by atoms with Gasteiger partial charge in [-0.1, -0.05) is 22.9 Å². The van der Waals surface area contributed by atoms with Gasteiger partial charge >= 0.3 is 0 Å². The van der Waals surface area contributed by atoms with Gasteiger partial charge in [0.1, 0.15) is 17.6 Å². The number of nitrogens with zero attached hydrogens (tertiary/aromatic N) is 3. The Labute approximate surface area is 119 Å². The number of carbonyl (C=O) groups is 1. The summed E-state index contributed by atoms with van der Waals surface area (Å²) < 4.78 is 2.61. The molecule has 0 aliphatic heterocycles. The maximum Gasteiger partial charge on any atom is 0.182 e. The predicted octanol–water partition coefficient (Wildman–Crippen LogP) is 3.41. The second-order valence-corrected chi connectivity index (χ2v) is 5.01. The Kier molecular flexibility index (Phi) is 3.82. The van der Waals surface area contributed by atoms with Crippen LogP contribution in [0.5, 0.6) is 0 Å². The summed E-state index contributed by atoms with van der Waals surface area (Å²) in [6, 6.07) is 7.59. The molecule has 0 unspecified atom stereocenters. The van der Waals surface area contributed by atoms with E-state index in [1.54, 1.807) is 23.8 Å². The van der Waals surface area contributed by atoms with Crippen LogP contribution in [0.4, 0.5) is 0 Å². The SMILES string of the molecule is CCC(=O)c1cn(-c2ccc(Br)cc2C#N)c(C)n1. The summed E-state index contributed by atoms with van der Waals surface area (Å²) in [4.78, 5) is 15.9. The van der Waals surface area contributed by atoms with Gasteiger partial charge < -0.3 is 4.57 Å². The summed E-state index contributed by atoms with van der Waals surface area (Å²) in [5, 5.41) is 9.19. The van der Waals surface area contributed by atoms with Crippen LogP contribution in [0.2, 0.25) is 0 Å². The molecule has 0 spiro atoms. The Balaban J connectivity index is 2.57. The number of imidazole rings is 1. The van der Waals surface area contributed by atoms with E-state index in [0.29, 0.717) is 23.5 Å². The molecule has 0 bridgehead atoms. The third-order valence-electron chi connectivity index (χ3n) is 2.83. The molecule has 19 heavy (non-hydrogen) atoms. The van der Waals surface area contributed by atoms with Gasteiger partial charge in [-0.3, -0.25) is 4.79 Å². The summed E-state index contributed by atoms with van der Waals surface area (Å²) in [7, 11) is 0. The molecule has 96 valence electrons. The number of aromatic nitrogens is 2. The number of carbonyl (C=O) groups excluding carboxylic acids is 1. The van der Waals surface area contributed by atoms with Crippen molar-refractivity contribution in [1.29, 1.82) is 5.26 Å². The van der Waals surface area contributed by atoms with Gasteiger partial charge in [0.25, 0.3) is 0 Å². The summed E-state index contributed by atoms with van der Waals surface area (Å²) in [5.74, 6) is 0.688. The molecular formula is C14H12BrN3O. The highest BCUT2D eigenvalue weighted by Crippen LogP contribution is 2.21. The summed E-state index contributed by atoms with van der Waals surface area (Å²) in [6.07, 6.45) is 2.10. The number of nitriles is 1. The average molecular weight is 318 g/mol. The van der Waals surface area contributed by atoms with Crippen LogP contribution in [-0.2, 0) is 0 Å². The first-order chi connectivity index (χ1) is 9.06. The molecule has 0 aliphatic carbocycles. The van der Waals surface area contributed by atoms with Gasteiger partial charge in [-0.15, -0.1) is 0 Å². The number of hydrogen-bond donors (Lipinski definition) is 0. The lowest BCUT2D eigenvalue weighted by Crippen LogP contribution is -1.98. The van der Waals surface area contributed by atoms with Crippen molar-refractivity contribution < 1.29 is 4.79 Å². The Morgan fingerprint density at radius 2 is 2.26 bits per heavy atom. The first-order valence-corrected chi connectivity index (χ1v) is 6.65. The molecule has 4 nitrogen and oxygen atoms in total. The fourth-order valence-corrected chi connectivity index (χ4v) is 2.20. The number of aryl methyl sites for hydroxylation is 1. The van der Waals surface area contributed by atoms with Crippen LogP contribution in [0, 0.1) is 18.3 Å². The van der Waals surface area contributed by atoms with Gasteiger partial charge in [-0.05, 0) is 25.1 Å². The van der Waals surface area contributed by atoms with E-state index in [9.17, 15) is 10.1 Å². The number of rotatable bonds is 3. The van der Waals surface area contributed by atoms with Crippen molar-refractivity contribution in [3.8, 4) is 11.8 Å². The molecule has 0 saturated heterocycles. The van der Waals surface area contributed by atoms with Crippen molar-refractivity contribution in [2.24, 2.45) is 0 Å². The molecule has 1 heterocycles. The minimum Gasteiger partial charge on any atom is -0.302 e. The molecule has 0 aliphatic rings. The fraction of sp³-hybridized carbons (Fsp3) is 0.214. The highest BCUT2D eigenvalue weighted by molar-refractivity contribution is 9.10. The molecule has 0 saturated carbocycles. The van der Waals surface area contributed by atoms with Crippen molar-refractivity contribution in [3.05, 3.63) is 46.0 Å². The fourth-order valence-electron chi connectivity index (χ4n) is 1.84. The van der Waals surface area contributed by atoms with Crippen LogP contribution >= 0.6 is 15.9 Å². The normalized spacial score (nSPS) is 10.2. The van der Waals surface area contributed by atoms with Gasteiger partial charge in [0.2, 0.25) is 0 Å². The van der Waals surface area contributed by atoms with E-state index in [1.165, 1.54) is 0 Å². The van der Waals surface area contributed by atoms with E-state index < -0.39 is 0 Å². The highest BCUT2D eigenvalue weighted by Gasteiger charge is 2.13. The molecule has 0 radical (unpaired) electrons. The molecule has 1 aromatic heterocycles. The highest BCUT2D eigenvalue weighted by atomic mass is 79.9. The van der Waals surface area contributed by atoms with Crippen molar-refractivity contribution in [3.63, 3.8) is 0 Å². The maximum atomic E-state index is 11.7. The van der Waals surface area contributed by atoms with Gasteiger partial charge in [0.05, 0.1) is 11.3 Å². The predicted molar refractivity (Wildman–Crippen MR) is 75.3 cm³/mol. The second-order valence-electron chi connectivity index (χ2n) is 4.09. The maximum absolute atomic E-state index is 11.7. The molecule has 0 fully saturated rings. The molecule has 2 aromatic rings. The van der Waals surface area contributed by atoms with E-state index in [2.05, 4.69) is 27.0 Å². The average Bonchev–Trinajstić information content (AvgIpc) is 2.79. The van der Waals surface area contributed by atoms with E-state index >= 15 is 0 Å². The topological polar surface area (TPSA) is 58.7 Å². The van der Waals surface area contributed by atoms with E-state index in [1.807, 2.05) is 19.1 Å². The third-order valence-corrected chi connectivity index (χ3v) is 3.32. The molecule has 0 amide bonds. The lowest BCUT2D eigenvalue weighted by Gasteiger charge is -2.07. The van der Waals surface area contributed by atoms with Crippen molar-refractivity contribution in [2.75, 3.05) is 0 Å². The van der Waals surface area contributed by atoms with Gasteiger partial charge in [0.15, 0.2) is 5.78 Å². The zero-order chi connectivity index (χ0) is 14.0. The molecule has 5 heteroatoms. The zero-order valence-electron chi connectivity index (χ0n) is 10.6. The standard InChI is InChI=1S/C14H12BrN3O/c1-3-14(19)12-8-18(9(2)17-12)13-5-4-11(15)6-10(13)7-16/h4-6,8H,3H2,1-2H3. The smallest absolute Gasteiger partial charge is 0.182 e. The molecule has 2 rings (SSSR count). The summed E-state index contributed by atoms with van der Waals surface area (Å²) in [5.41, 5.74) is 1.70. The van der Waals surface area contributed by atoms with E-state index in [-0.39, 0.29) is 5.78 Å². The van der Waals surface area contributed by atoms with Gasteiger partial charge in [-0.25, -0.2) is 4.98 Å². The number of benzene rings is 1. The van der Waals surface area contributed by atoms with Crippen molar-refractivity contribution in [2.45, 2.75) is 20.3 Å².